The van der Waals surface area contributed by atoms with Gasteiger partial charge in [0.25, 0.3) is 0 Å². The fourth-order valence-corrected chi connectivity index (χ4v) is 1.71. The van der Waals surface area contributed by atoms with Crippen molar-refractivity contribution in [3.8, 4) is 5.69 Å². The first-order chi connectivity index (χ1) is 8.22. The maximum atomic E-state index is 12.0. The van der Waals surface area contributed by atoms with Gasteiger partial charge in [-0.1, -0.05) is 15.9 Å². The van der Waals surface area contributed by atoms with Gasteiger partial charge in [0.15, 0.2) is 0 Å². The third-order valence-electron chi connectivity index (χ3n) is 2.35. The number of hydrogen-bond donors (Lipinski definition) is 0. The fourth-order valence-electron chi connectivity index (χ4n) is 1.45. The number of hydrogen-bond acceptors (Lipinski definition) is 3. The molecule has 0 N–H and O–H groups in total. The molecule has 1 aromatic carbocycles. The van der Waals surface area contributed by atoms with Crippen LogP contribution in [-0.4, -0.2) is 28.1 Å². The van der Waals surface area contributed by atoms with E-state index in [9.17, 15) is 4.79 Å². The molecule has 0 atom stereocenters. The van der Waals surface area contributed by atoms with Crippen molar-refractivity contribution < 1.29 is 4.74 Å². The molecule has 6 heteroatoms. The Balaban J connectivity index is 2.31. The molecule has 0 saturated heterocycles. The second-order valence-corrected chi connectivity index (χ2v) is 4.39. The molecule has 5 nitrogen and oxygen atoms in total. The third kappa shape index (κ3) is 2.65. The summed E-state index contributed by atoms with van der Waals surface area (Å²) in [5.74, 6) is 0. The molecule has 0 spiro atoms. The van der Waals surface area contributed by atoms with Gasteiger partial charge in [-0.15, -0.1) is 0 Å². The average molecular weight is 298 g/mol. The van der Waals surface area contributed by atoms with E-state index in [0.717, 1.165) is 10.2 Å². The Labute approximate surface area is 107 Å². The second kappa shape index (κ2) is 5.29. The van der Waals surface area contributed by atoms with Crippen molar-refractivity contribution in [2.24, 2.45) is 0 Å². The first-order valence-corrected chi connectivity index (χ1v) is 5.91. The molecule has 0 aliphatic carbocycles. The lowest BCUT2D eigenvalue weighted by Crippen LogP contribution is -2.25. The van der Waals surface area contributed by atoms with Gasteiger partial charge in [-0.05, 0) is 24.3 Å². The molecule has 0 aliphatic rings. The van der Waals surface area contributed by atoms with E-state index in [4.69, 9.17) is 4.74 Å². The first-order valence-electron chi connectivity index (χ1n) is 5.11. The minimum Gasteiger partial charge on any atom is -0.383 e. The summed E-state index contributed by atoms with van der Waals surface area (Å²) in [5.41, 5.74) is 0.631. The predicted octanol–water partition coefficient (Wildman–Crippen LogP) is 1.44. The summed E-state index contributed by atoms with van der Waals surface area (Å²) in [6, 6.07) is 7.48. The van der Waals surface area contributed by atoms with Crippen molar-refractivity contribution >= 4 is 15.9 Å². The van der Waals surface area contributed by atoms with E-state index in [1.54, 1.807) is 7.11 Å². The first kappa shape index (κ1) is 12.1. The highest BCUT2D eigenvalue weighted by Crippen LogP contribution is 2.12. The Kier molecular flexibility index (Phi) is 3.75. The van der Waals surface area contributed by atoms with E-state index >= 15 is 0 Å². The van der Waals surface area contributed by atoms with Gasteiger partial charge in [-0.25, -0.2) is 14.0 Å². The quantitative estimate of drug-likeness (QED) is 0.858. The zero-order valence-corrected chi connectivity index (χ0v) is 10.9. The largest absolute Gasteiger partial charge is 0.383 e. The fraction of sp³-hybridized carbons (Fsp3) is 0.273. The Hall–Kier alpha value is -1.40. The van der Waals surface area contributed by atoms with Gasteiger partial charge in [0.2, 0.25) is 0 Å². The minimum atomic E-state index is -0.163. The van der Waals surface area contributed by atoms with Crippen LogP contribution in [0.25, 0.3) is 5.69 Å². The number of ether oxygens (including phenoxy) is 1. The zero-order valence-electron chi connectivity index (χ0n) is 9.34. The van der Waals surface area contributed by atoms with Gasteiger partial charge in [-0.2, -0.15) is 5.10 Å². The molecule has 0 aliphatic heterocycles. The molecular weight excluding hydrogens is 286 g/mol. The van der Waals surface area contributed by atoms with Gasteiger partial charge >= 0.3 is 5.69 Å². The van der Waals surface area contributed by atoms with Crippen molar-refractivity contribution in [1.29, 1.82) is 0 Å². The Morgan fingerprint density at radius 1 is 1.35 bits per heavy atom. The standard InChI is InChI=1S/C11H12BrN3O2/c1-17-7-6-15-11(16)14(8-13-15)10-4-2-9(12)3-5-10/h2-5,8H,6-7H2,1H3. The van der Waals surface area contributed by atoms with E-state index in [-0.39, 0.29) is 5.69 Å². The highest BCUT2D eigenvalue weighted by molar-refractivity contribution is 9.10. The van der Waals surface area contributed by atoms with Crippen LogP contribution in [0.15, 0.2) is 39.9 Å². The minimum absolute atomic E-state index is 0.163. The normalized spacial score (nSPS) is 10.7. The zero-order chi connectivity index (χ0) is 12.3. The SMILES string of the molecule is COCCn1ncn(-c2ccc(Br)cc2)c1=O. The summed E-state index contributed by atoms with van der Waals surface area (Å²) in [7, 11) is 1.59. The van der Waals surface area contributed by atoms with Gasteiger partial charge in [0.05, 0.1) is 18.8 Å². The predicted molar refractivity (Wildman–Crippen MR) is 67.4 cm³/mol. The molecule has 1 heterocycles. The summed E-state index contributed by atoms with van der Waals surface area (Å²) >= 11 is 3.35. The smallest absolute Gasteiger partial charge is 0.350 e. The van der Waals surface area contributed by atoms with Crippen molar-refractivity contribution in [2.75, 3.05) is 13.7 Å². The van der Waals surface area contributed by atoms with Crippen LogP contribution in [0.4, 0.5) is 0 Å². The molecule has 0 unspecified atom stereocenters. The van der Waals surface area contributed by atoms with Crippen LogP contribution in [0, 0.1) is 0 Å². The van der Waals surface area contributed by atoms with Crippen LogP contribution in [-0.2, 0) is 11.3 Å². The summed E-state index contributed by atoms with van der Waals surface area (Å²) in [5, 5.41) is 4.03. The third-order valence-corrected chi connectivity index (χ3v) is 2.87. The van der Waals surface area contributed by atoms with Crippen molar-refractivity contribution in [1.82, 2.24) is 14.3 Å². The van der Waals surface area contributed by atoms with Crippen molar-refractivity contribution in [3.63, 3.8) is 0 Å². The van der Waals surface area contributed by atoms with Crippen LogP contribution in [0.5, 0.6) is 0 Å². The molecule has 17 heavy (non-hydrogen) atoms. The molecule has 2 rings (SSSR count). The number of methoxy groups -OCH3 is 1. The molecule has 2 aromatic rings. The highest BCUT2D eigenvalue weighted by atomic mass is 79.9. The van der Waals surface area contributed by atoms with Gasteiger partial charge in [0, 0.05) is 11.6 Å². The monoisotopic (exact) mass is 297 g/mol. The number of rotatable bonds is 4. The number of benzene rings is 1. The van der Waals surface area contributed by atoms with E-state index in [1.165, 1.54) is 15.6 Å². The molecule has 0 amide bonds. The number of aromatic nitrogens is 3. The number of nitrogens with zero attached hydrogens (tertiary/aromatic N) is 3. The summed E-state index contributed by atoms with van der Waals surface area (Å²) in [6.45, 7) is 0.927. The van der Waals surface area contributed by atoms with E-state index < -0.39 is 0 Å². The summed E-state index contributed by atoms with van der Waals surface area (Å²) in [6.07, 6.45) is 1.52. The van der Waals surface area contributed by atoms with E-state index in [0.29, 0.717) is 13.2 Å². The Morgan fingerprint density at radius 2 is 2.06 bits per heavy atom. The molecule has 0 fully saturated rings. The highest BCUT2D eigenvalue weighted by Gasteiger charge is 2.05. The maximum absolute atomic E-state index is 12.0. The summed E-state index contributed by atoms with van der Waals surface area (Å²) in [4.78, 5) is 12.0. The maximum Gasteiger partial charge on any atom is 0.350 e. The Bertz CT molecular complexity index is 545. The lowest BCUT2D eigenvalue weighted by atomic mass is 10.3. The van der Waals surface area contributed by atoms with Gasteiger partial charge in [0.1, 0.15) is 6.33 Å². The van der Waals surface area contributed by atoms with Gasteiger partial charge in [-0.3, -0.25) is 0 Å². The van der Waals surface area contributed by atoms with Crippen molar-refractivity contribution in [3.05, 3.63) is 45.5 Å². The lowest BCUT2D eigenvalue weighted by molar-refractivity contribution is 0.182. The number of halogens is 1. The van der Waals surface area contributed by atoms with Crippen LogP contribution >= 0.6 is 15.9 Å². The van der Waals surface area contributed by atoms with Crippen LogP contribution in [0.2, 0.25) is 0 Å². The van der Waals surface area contributed by atoms with E-state index in [2.05, 4.69) is 21.0 Å². The average Bonchev–Trinajstić information content (AvgIpc) is 2.69. The second-order valence-electron chi connectivity index (χ2n) is 3.48. The van der Waals surface area contributed by atoms with Crippen LogP contribution < -0.4 is 5.69 Å². The topological polar surface area (TPSA) is 49.0 Å². The van der Waals surface area contributed by atoms with Gasteiger partial charge < -0.3 is 4.74 Å². The molecule has 0 bridgehead atoms. The van der Waals surface area contributed by atoms with Crippen LogP contribution in [0.1, 0.15) is 0 Å². The lowest BCUT2D eigenvalue weighted by Gasteiger charge is -2.00. The molecular formula is C11H12BrN3O2. The van der Waals surface area contributed by atoms with E-state index in [1.807, 2.05) is 24.3 Å². The van der Waals surface area contributed by atoms with Crippen molar-refractivity contribution in [2.45, 2.75) is 6.54 Å². The van der Waals surface area contributed by atoms with Crippen LogP contribution in [0.3, 0.4) is 0 Å². The molecule has 90 valence electrons. The molecule has 1 aromatic heterocycles. The molecule has 0 radical (unpaired) electrons. The summed E-state index contributed by atoms with van der Waals surface area (Å²) < 4.78 is 8.77. The Morgan fingerprint density at radius 3 is 2.71 bits per heavy atom. The molecule has 0 saturated carbocycles.